The van der Waals surface area contributed by atoms with Gasteiger partial charge in [0.25, 0.3) is 0 Å². The summed E-state index contributed by atoms with van der Waals surface area (Å²) in [5, 5.41) is 5.07. The molecule has 0 amide bonds. The zero-order chi connectivity index (χ0) is 41.9. The van der Waals surface area contributed by atoms with Gasteiger partial charge in [0.2, 0.25) is 0 Å². The third-order valence-electron chi connectivity index (χ3n) is 14.0. The first-order valence-electron chi connectivity index (χ1n) is 22.1. The SMILES string of the molecule is c1ccc(-n2c3ccccc3c3ccc(N(c4ccc5c(c4)C4(c6ccccc6-c6ccccc64)c4ccccc4-5)c4ccccc4-c4ccc5sc6ccccc6c5c4)cc32)cc1. The van der Waals surface area contributed by atoms with Crippen LogP contribution in [0.2, 0.25) is 0 Å². The number of para-hydroxylation sites is 3. The number of aromatic nitrogens is 1. The standard InChI is InChI=1S/C61H38N2S/c1-2-16-40(17-3-1)63-57-28-14-8-22-48(57)49-34-32-42(38-58(49)63)62(56-27-13-7-18-43(56)39-30-35-60-51(36-39)50-23-9-15-29-59(50)64-60)41-31-33-47-46-21-6-12-26-54(46)61(55(47)37-41)52-24-10-4-19-44(52)45-20-5-11-25-53(45)61/h1-38H. The average Bonchev–Trinajstić information content (AvgIpc) is 4.08. The van der Waals surface area contributed by atoms with E-state index >= 15 is 0 Å². The van der Waals surface area contributed by atoms with Crippen molar-refractivity contribution < 1.29 is 0 Å². The third-order valence-corrected chi connectivity index (χ3v) is 15.2. The molecule has 0 aliphatic heterocycles. The van der Waals surface area contributed by atoms with E-state index in [1.807, 2.05) is 11.3 Å². The van der Waals surface area contributed by atoms with Gasteiger partial charge in [-0.2, -0.15) is 0 Å². The molecule has 10 aromatic carbocycles. The molecule has 2 aliphatic carbocycles. The maximum atomic E-state index is 2.52. The van der Waals surface area contributed by atoms with E-state index in [2.05, 4.69) is 240 Å². The zero-order valence-corrected chi connectivity index (χ0v) is 35.6. The van der Waals surface area contributed by atoms with Gasteiger partial charge in [0.1, 0.15) is 0 Å². The lowest BCUT2D eigenvalue weighted by Crippen LogP contribution is -2.26. The fourth-order valence-corrected chi connectivity index (χ4v) is 12.5. The monoisotopic (exact) mass is 830 g/mol. The van der Waals surface area contributed by atoms with Crippen LogP contribution < -0.4 is 4.90 Å². The van der Waals surface area contributed by atoms with Gasteiger partial charge < -0.3 is 9.47 Å². The van der Waals surface area contributed by atoms with Crippen molar-refractivity contribution in [1.82, 2.24) is 4.57 Å². The summed E-state index contributed by atoms with van der Waals surface area (Å²) < 4.78 is 5.04. The van der Waals surface area contributed by atoms with Crippen molar-refractivity contribution in [3.63, 3.8) is 0 Å². The number of benzene rings is 10. The van der Waals surface area contributed by atoms with Gasteiger partial charge in [0.15, 0.2) is 0 Å². The van der Waals surface area contributed by atoms with Crippen LogP contribution in [0.3, 0.4) is 0 Å². The van der Waals surface area contributed by atoms with Gasteiger partial charge >= 0.3 is 0 Å². The van der Waals surface area contributed by atoms with E-state index in [-0.39, 0.29) is 0 Å². The third kappa shape index (κ3) is 4.85. The molecule has 0 atom stereocenters. The van der Waals surface area contributed by atoms with E-state index in [0.717, 1.165) is 22.7 Å². The maximum absolute atomic E-state index is 2.52. The predicted octanol–water partition coefficient (Wildman–Crippen LogP) is 16.6. The van der Waals surface area contributed by atoms with Crippen LogP contribution in [0.1, 0.15) is 22.3 Å². The van der Waals surface area contributed by atoms with E-state index in [1.165, 1.54) is 97.6 Å². The molecule has 1 spiro atoms. The van der Waals surface area contributed by atoms with Gasteiger partial charge in [0, 0.05) is 53.6 Å². The molecule has 0 saturated heterocycles. The zero-order valence-electron chi connectivity index (χ0n) is 34.7. The molecular weight excluding hydrogens is 793 g/mol. The smallest absolute Gasteiger partial charge is 0.0726 e. The first-order valence-corrected chi connectivity index (χ1v) is 22.9. The number of anilines is 3. The molecule has 298 valence electrons. The van der Waals surface area contributed by atoms with Crippen molar-refractivity contribution in [2.24, 2.45) is 0 Å². The molecular formula is C61H38N2S. The van der Waals surface area contributed by atoms with Crippen LogP contribution in [0.4, 0.5) is 17.1 Å². The molecule has 12 aromatic rings. The van der Waals surface area contributed by atoms with Crippen molar-refractivity contribution in [3.05, 3.63) is 253 Å². The summed E-state index contributed by atoms with van der Waals surface area (Å²) in [5.74, 6) is 0. The van der Waals surface area contributed by atoms with E-state index in [4.69, 9.17) is 0 Å². The van der Waals surface area contributed by atoms with Crippen LogP contribution in [0, 0.1) is 0 Å². The van der Waals surface area contributed by atoms with Crippen LogP contribution >= 0.6 is 11.3 Å². The maximum Gasteiger partial charge on any atom is 0.0726 e. The molecule has 0 fully saturated rings. The van der Waals surface area contributed by atoms with Crippen molar-refractivity contribution in [3.8, 4) is 39.1 Å². The van der Waals surface area contributed by atoms with Crippen molar-refractivity contribution in [1.29, 1.82) is 0 Å². The van der Waals surface area contributed by atoms with Crippen LogP contribution in [0.15, 0.2) is 231 Å². The summed E-state index contributed by atoms with van der Waals surface area (Å²) in [4.78, 5) is 2.52. The van der Waals surface area contributed by atoms with E-state index in [0.29, 0.717) is 0 Å². The Bertz CT molecular complexity index is 3810. The number of hydrogen-bond donors (Lipinski definition) is 0. The van der Waals surface area contributed by atoms with Crippen LogP contribution in [-0.4, -0.2) is 4.57 Å². The molecule has 0 saturated carbocycles. The largest absolute Gasteiger partial charge is 0.310 e. The fraction of sp³-hybridized carbons (Fsp3) is 0.0164. The lowest BCUT2D eigenvalue weighted by molar-refractivity contribution is 0.793. The molecule has 64 heavy (non-hydrogen) atoms. The Kier molecular flexibility index (Phi) is 7.51. The van der Waals surface area contributed by atoms with Crippen molar-refractivity contribution in [2.75, 3.05) is 4.90 Å². The van der Waals surface area contributed by atoms with Gasteiger partial charge in [0.05, 0.1) is 22.1 Å². The highest BCUT2D eigenvalue weighted by atomic mass is 32.1. The number of nitrogens with zero attached hydrogens (tertiary/aromatic N) is 2. The lowest BCUT2D eigenvalue weighted by atomic mass is 9.70. The van der Waals surface area contributed by atoms with Gasteiger partial charge in [-0.3, -0.25) is 0 Å². The summed E-state index contributed by atoms with van der Waals surface area (Å²) in [6.45, 7) is 0. The Morgan fingerprint density at radius 1 is 0.344 bits per heavy atom. The number of thiophene rings is 1. The van der Waals surface area contributed by atoms with Crippen LogP contribution in [-0.2, 0) is 5.41 Å². The quantitative estimate of drug-likeness (QED) is 0.168. The molecule has 2 aromatic heterocycles. The van der Waals surface area contributed by atoms with Crippen molar-refractivity contribution in [2.45, 2.75) is 5.41 Å². The van der Waals surface area contributed by atoms with Crippen LogP contribution in [0.25, 0.3) is 81.0 Å². The molecule has 0 unspecified atom stereocenters. The highest BCUT2D eigenvalue weighted by Crippen LogP contribution is 2.63. The Morgan fingerprint density at radius 2 is 0.891 bits per heavy atom. The molecule has 2 aliphatic rings. The van der Waals surface area contributed by atoms with Crippen molar-refractivity contribution >= 4 is 70.4 Å². The Labute approximate surface area is 375 Å². The van der Waals surface area contributed by atoms with E-state index < -0.39 is 5.41 Å². The number of rotatable bonds is 5. The summed E-state index contributed by atoms with van der Waals surface area (Å²) in [6, 6.07) is 85.9. The molecule has 0 radical (unpaired) electrons. The minimum Gasteiger partial charge on any atom is -0.310 e. The molecule has 2 nitrogen and oxygen atoms in total. The molecule has 0 N–H and O–H groups in total. The minimum atomic E-state index is -0.463. The second-order valence-corrected chi connectivity index (χ2v) is 18.3. The van der Waals surface area contributed by atoms with Crippen LogP contribution in [0.5, 0.6) is 0 Å². The highest BCUT2D eigenvalue weighted by Gasteiger charge is 2.51. The van der Waals surface area contributed by atoms with Gasteiger partial charge in [-0.25, -0.2) is 0 Å². The summed E-state index contributed by atoms with van der Waals surface area (Å²) in [6.07, 6.45) is 0. The highest BCUT2D eigenvalue weighted by molar-refractivity contribution is 7.25. The second-order valence-electron chi connectivity index (χ2n) is 17.2. The lowest BCUT2D eigenvalue weighted by Gasteiger charge is -2.32. The Hall–Kier alpha value is -7.98. The van der Waals surface area contributed by atoms with E-state index in [1.54, 1.807) is 0 Å². The topological polar surface area (TPSA) is 8.17 Å². The van der Waals surface area contributed by atoms with Gasteiger partial charge in [-0.1, -0.05) is 164 Å². The van der Waals surface area contributed by atoms with E-state index in [9.17, 15) is 0 Å². The molecule has 0 bridgehead atoms. The second kappa shape index (κ2) is 13.5. The van der Waals surface area contributed by atoms with Gasteiger partial charge in [-0.15, -0.1) is 11.3 Å². The fourth-order valence-electron chi connectivity index (χ4n) is 11.4. The molecule has 3 heteroatoms. The summed E-state index contributed by atoms with van der Waals surface area (Å²) in [5.41, 5.74) is 19.3. The number of hydrogen-bond acceptors (Lipinski definition) is 2. The molecule has 14 rings (SSSR count). The van der Waals surface area contributed by atoms with Gasteiger partial charge in [-0.05, 0) is 117 Å². The number of fused-ring (bicyclic) bond motifs is 16. The average molecular weight is 831 g/mol. The minimum absolute atomic E-state index is 0.463. The first kappa shape index (κ1) is 35.6. The predicted molar refractivity (Wildman–Crippen MR) is 270 cm³/mol. The Balaban J connectivity index is 1.06. The summed E-state index contributed by atoms with van der Waals surface area (Å²) >= 11 is 1.86. The first-order chi connectivity index (χ1) is 31.8. The molecule has 2 heterocycles. The Morgan fingerprint density at radius 3 is 1.64 bits per heavy atom. The summed E-state index contributed by atoms with van der Waals surface area (Å²) in [7, 11) is 0. The normalized spacial score (nSPS) is 13.1.